The van der Waals surface area contributed by atoms with E-state index in [9.17, 15) is 33.8 Å². The highest BCUT2D eigenvalue weighted by atomic mass is 31.2. The molecule has 0 aromatic heterocycles. The van der Waals surface area contributed by atoms with E-state index in [2.05, 4.69) is 83.7 Å². The van der Waals surface area contributed by atoms with Crippen LogP contribution in [0.1, 0.15) is 123 Å². The van der Waals surface area contributed by atoms with E-state index in [0.29, 0.717) is 25.7 Å². The maximum Gasteiger partial charge on any atom is 0.472 e. The van der Waals surface area contributed by atoms with Gasteiger partial charge in [0.25, 0.3) is 0 Å². The number of carbonyl (C=O) groups excluding carboxylic acids is 2. The first-order valence-corrected chi connectivity index (χ1v) is 25.4. The lowest BCUT2D eigenvalue weighted by Gasteiger charge is -2.20. The predicted octanol–water partition coefficient (Wildman–Crippen LogP) is 10.6. The van der Waals surface area contributed by atoms with Crippen LogP contribution in [0.25, 0.3) is 0 Å². The first-order valence-electron chi connectivity index (χ1n) is 22.3. The molecule has 0 aromatic carbocycles. The van der Waals surface area contributed by atoms with Crippen LogP contribution in [0.15, 0.2) is 122 Å². The summed E-state index contributed by atoms with van der Waals surface area (Å²) in [6.07, 6.45) is 49.6. The number of phosphoric acid groups is 2. The van der Waals surface area contributed by atoms with Crippen molar-refractivity contribution in [2.45, 2.75) is 141 Å². The molecular formula is C48H76O14P2. The standard InChI is InChI=1S/C48H76O14P2/c1-3-5-7-8-9-10-11-12-13-14-15-18-22-25-28-31-35-39-48(52)62-46(43-61-64(56,57)60-41-45(50)40-59-63(53,54)55)42-58-47(51)38-34-30-27-24-21-19-16-17-20-23-26-29-33-37-44(49)36-32-6-4-2/h5-7,9-10,12-13,15,17-21,26-27,29-30,32-33,37,44-46,49-50H,3-4,8,11,14,16,22-25,28,31,34-36,38-43H2,1-2H3,(H,56,57)(H2,53,54,55)/b7-5-,10-9-,13-12-,18-15-,20-17-,21-19-,29-26+,30-27-,32-6-,37-33+/t44?,45-,46+/m0/s1. The van der Waals surface area contributed by atoms with E-state index in [-0.39, 0.29) is 12.8 Å². The molecule has 0 aliphatic carbocycles. The number of phosphoric ester groups is 2. The molecule has 0 heterocycles. The SMILES string of the molecule is CC/C=C\C/C=C\C/C=C\C/C=C\CCCCCCC(=O)O[C@H](COC(=O)CC/C=C\C/C=C\C/C=C\C/C=C/C=C/C(O)C/C=C\CC)COP(=O)(O)OC[C@@H](O)COP(=O)(O)O. The third-order valence-corrected chi connectivity index (χ3v) is 9.87. The van der Waals surface area contributed by atoms with Crippen LogP contribution in [-0.2, 0) is 41.8 Å². The molecule has 0 saturated carbocycles. The fraction of sp³-hybridized carbons (Fsp3) is 0.542. The lowest BCUT2D eigenvalue weighted by molar-refractivity contribution is -0.161. The van der Waals surface area contributed by atoms with Crippen molar-refractivity contribution < 1.29 is 66.7 Å². The number of unbranched alkanes of at least 4 members (excludes halogenated alkanes) is 4. The van der Waals surface area contributed by atoms with Gasteiger partial charge in [-0.15, -0.1) is 0 Å². The Balaban J connectivity index is 4.72. The van der Waals surface area contributed by atoms with Gasteiger partial charge >= 0.3 is 27.6 Å². The van der Waals surface area contributed by atoms with E-state index in [4.69, 9.17) is 23.8 Å². The minimum Gasteiger partial charge on any atom is -0.462 e. The smallest absolute Gasteiger partial charge is 0.462 e. The summed E-state index contributed by atoms with van der Waals surface area (Å²) >= 11 is 0. The van der Waals surface area contributed by atoms with Gasteiger partial charge < -0.3 is 34.4 Å². The number of carbonyl (C=O) groups is 2. The Morgan fingerprint density at radius 1 is 0.516 bits per heavy atom. The molecule has 0 fully saturated rings. The van der Waals surface area contributed by atoms with Crippen molar-refractivity contribution in [1.82, 2.24) is 0 Å². The average molecular weight is 939 g/mol. The van der Waals surface area contributed by atoms with Gasteiger partial charge in [-0.25, -0.2) is 9.13 Å². The van der Waals surface area contributed by atoms with Gasteiger partial charge in [-0.3, -0.25) is 23.2 Å². The summed E-state index contributed by atoms with van der Waals surface area (Å²) in [6.45, 7) is 1.29. The Morgan fingerprint density at radius 2 is 1.02 bits per heavy atom. The molecule has 14 nitrogen and oxygen atoms in total. The zero-order chi connectivity index (χ0) is 47.4. The Labute approximate surface area is 382 Å². The summed E-state index contributed by atoms with van der Waals surface area (Å²) in [5, 5.41) is 19.6. The van der Waals surface area contributed by atoms with Gasteiger partial charge in [0.15, 0.2) is 6.10 Å². The van der Waals surface area contributed by atoms with Gasteiger partial charge in [0, 0.05) is 12.8 Å². The number of hydrogen-bond acceptors (Lipinski definition) is 11. The first kappa shape index (κ1) is 60.5. The molecule has 0 aliphatic heterocycles. The third-order valence-electron chi connectivity index (χ3n) is 8.43. The summed E-state index contributed by atoms with van der Waals surface area (Å²) in [7, 11) is -9.74. The topological polar surface area (TPSA) is 216 Å². The molecule has 362 valence electrons. The van der Waals surface area contributed by atoms with Crippen LogP contribution in [-0.4, -0.2) is 81.6 Å². The van der Waals surface area contributed by atoms with Crippen molar-refractivity contribution in [1.29, 1.82) is 0 Å². The van der Waals surface area contributed by atoms with Crippen molar-refractivity contribution in [3.63, 3.8) is 0 Å². The van der Waals surface area contributed by atoms with Crippen LogP contribution in [0.3, 0.4) is 0 Å². The number of allylic oxidation sites excluding steroid dienone is 18. The predicted molar refractivity (Wildman–Crippen MR) is 254 cm³/mol. The summed E-state index contributed by atoms with van der Waals surface area (Å²) in [4.78, 5) is 52.7. The van der Waals surface area contributed by atoms with Gasteiger partial charge in [0.2, 0.25) is 0 Å². The summed E-state index contributed by atoms with van der Waals surface area (Å²) in [6, 6.07) is 0. The highest BCUT2D eigenvalue weighted by molar-refractivity contribution is 7.47. The average Bonchev–Trinajstić information content (AvgIpc) is 3.25. The van der Waals surface area contributed by atoms with Gasteiger partial charge in [0.1, 0.15) is 12.7 Å². The van der Waals surface area contributed by atoms with Crippen LogP contribution < -0.4 is 0 Å². The first-order chi connectivity index (χ1) is 30.8. The monoisotopic (exact) mass is 938 g/mol. The maximum absolute atomic E-state index is 12.7. The molecular weight excluding hydrogens is 862 g/mol. The van der Waals surface area contributed by atoms with E-state index in [1.165, 1.54) is 0 Å². The molecule has 0 aromatic rings. The van der Waals surface area contributed by atoms with Crippen LogP contribution in [0.2, 0.25) is 0 Å². The van der Waals surface area contributed by atoms with E-state index >= 15 is 0 Å². The summed E-state index contributed by atoms with van der Waals surface area (Å²) in [5.41, 5.74) is 0. The quantitative estimate of drug-likeness (QED) is 0.0127. The fourth-order valence-corrected chi connectivity index (χ4v) is 6.25. The molecule has 0 bridgehead atoms. The van der Waals surface area contributed by atoms with Gasteiger partial charge in [-0.1, -0.05) is 148 Å². The molecule has 0 aliphatic rings. The number of ether oxygens (including phenoxy) is 2. The van der Waals surface area contributed by atoms with E-state index in [1.807, 2.05) is 54.7 Å². The Kier molecular flexibility index (Phi) is 39.8. The molecule has 5 N–H and O–H groups in total. The molecule has 0 rings (SSSR count). The Hall–Kier alpha value is -3.52. The van der Waals surface area contributed by atoms with Crippen LogP contribution in [0, 0.1) is 0 Å². The minimum absolute atomic E-state index is 0.0408. The van der Waals surface area contributed by atoms with Crippen LogP contribution in [0.5, 0.6) is 0 Å². The van der Waals surface area contributed by atoms with Gasteiger partial charge in [-0.05, 0) is 83.5 Å². The summed E-state index contributed by atoms with van der Waals surface area (Å²) < 4.78 is 47.7. The van der Waals surface area contributed by atoms with E-state index in [0.717, 1.165) is 70.6 Å². The third kappa shape index (κ3) is 45.1. The molecule has 16 heteroatoms. The molecule has 0 spiro atoms. The number of esters is 2. The number of hydrogen-bond donors (Lipinski definition) is 5. The molecule has 0 radical (unpaired) electrons. The summed E-state index contributed by atoms with van der Waals surface area (Å²) in [5.74, 6) is -1.19. The molecule has 0 amide bonds. The van der Waals surface area contributed by atoms with Crippen molar-refractivity contribution in [3.8, 4) is 0 Å². The van der Waals surface area contributed by atoms with Gasteiger partial charge in [-0.2, -0.15) is 0 Å². The van der Waals surface area contributed by atoms with Crippen molar-refractivity contribution >= 4 is 27.6 Å². The zero-order valence-corrected chi connectivity index (χ0v) is 39.7. The second-order valence-electron chi connectivity index (χ2n) is 14.4. The number of rotatable bonds is 40. The normalized spacial score (nSPS) is 15.5. The Bertz CT molecular complexity index is 1600. The van der Waals surface area contributed by atoms with Crippen LogP contribution >= 0.6 is 15.6 Å². The lowest BCUT2D eigenvalue weighted by Crippen LogP contribution is -2.29. The van der Waals surface area contributed by atoms with Crippen LogP contribution in [0.4, 0.5) is 0 Å². The van der Waals surface area contributed by atoms with Crippen molar-refractivity contribution in [2.24, 2.45) is 0 Å². The Morgan fingerprint density at radius 3 is 1.61 bits per heavy atom. The van der Waals surface area contributed by atoms with Crippen molar-refractivity contribution in [2.75, 3.05) is 26.4 Å². The largest absolute Gasteiger partial charge is 0.472 e. The molecule has 64 heavy (non-hydrogen) atoms. The lowest BCUT2D eigenvalue weighted by atomic mass is 10.1. The second-order valence-corrected chi connectivity index (χ2v) is 17.1. The highest BCUT2D eigenvalue weighted by Gasteiger charge is 2.28. The van der Waals surface area contributed by atoms with Gasteiger partial charge in [0.05, 0.1) is 25.9 Å². The second kappa shape index (κ2) is 42.1. The van der Waals surface area contributed by atoms with E-state index in [1.54, 1.807) is 6.08 Å². The fourth-order valence-electron chi connectivity index (χ4n) is 5.09. The zero-order valence-electron chi connectivity index (χ0n) is 37.9. The van der Waals surface area contributed by atoms with Crippen molar-refractivity contribution in [3.05, 3.63) is 122 Å². The maximum atomic E-state index is 12.7. The minimum atomic E-state index is -4.89. The highest BCUT2D eigenvalue weighted by Crippen LogP contribution is 2.43. The number of aliphatic hydroxyl groups excluding tert-OH is 2. The molecule has 2 unspecified atom stereocenters. The number of aliphatic hydroxyl groups is 2. The van der Waals surface area contributed by atoms with E-state index < -0.39 is 72.3 Å². The molecule has 0 saturated heterocycles. The molecule has 4 atom stereocenters.